The molecule has 3 heteroatoms. The van der Waals surface area contributed by atoms with E-state index in [0.29, 0.717) is 18.1 Å². The molecule has 94 valence electrons. The Balaban J connectivity index is 1.68. The molecule has 0 amide bonds. The largest absolute Gasteiger partial charge is 0.378 e. The van der Waals surface area contributed by atoms with Gasteiger partial charge in [0.1, 0.15) is 0 Å². The summed E-state index contributed by atoms with van der Waals surface area (Å²) in [5.41, 5.74) is 0. The van der Waals surface area contributed by atoms with Crippen molar-refractivity contribution in [3.8, 4) is 0 Å². The minimum absolute atomic E-state index is 0.476. The van der Waals surface area contributed by atoms with Gasteiger partial charge in [-0.25, -0.2) is 0 Å². The number of thioether (sulfide) groups is 1. The number of rotatable bonds is 4. The molecule has 0 aliphatic carbocycles. The van der Waals surface area contributed by atoms with Gasteiger partial charge in [0.2, 0.25) is 0 Å². The molecule has 3 atom stereocenters. The van der Waals surface area contributed by atoms with Crippen molar-refractivity contribution in [3.63, 3.8) is 0 Å². The molecule has 0 aromatic carbocycles. The molecular formula is C13H25NOS. The van der Waals surface area contributed by atoms with Gasteiger partial charge in [-0.15, -0.1) is 0 Å². The monoisotopic (exact) mass is 243 g/mol. The molecule has 16 heavy (non-hydrogen) atoms. The van der Waals surface area contributed by atoms with E-state index >= 15 is 0 Å². The minimum atomic E-state index is 0.476. The van der Waals surface area contributed by atoms with Crippen LogP contribution in [-0.4, -0.2) is 36.8 Å². The summed E-state index contributed by atoms with van der Waals surface area (Å²) in [6.45, 7) is 6.70. The highest BCUT2D eigenvalue weighted by molar-refractivity contribution is 7.99. The zero-order valence-corrected chi connectivity index (χ0v) is 11.4. The van der Waals surface area contributed by atoms with Crippen molar-refractivity contribution in [2.75, 3.05) is 24.7 Å². The molecule has 1 N–H and O–H groups in total. The van der Waals surface area contributed by atoms with Gasteiger partial charge in [-0.2, -0.15) is 11.8 Å². The molecule has 0 bridgehead atoms. The highest BCUT2D eigenvalue weighted by atomic mass is 32.2. The number of hydrogen-bond donors (Lipinski definition) is 1. The molecule has 0 radical (unpaired) electrons. The van der Waals surface area contributed by atoms with Gasteiger partial charge in [-0.3, -0.25) is 0 Å². The third-order valence-corrected chi connectivity index (χ3v) is 5.01. The van der Waals surface area contributed by atoms with Gasteiger partial charge in [0, 0.05) is 12.6 Å². The van der Waals surface area contributed by atoms with E-state index in [4.69, 9.17) is 4.74 Å². The fraction of sp³-hybridized carbons (Fsp3) is 1.00. The summed E-state index contributed by atoms with van der Waals surface area (Å²) in [4.78, 5) is 0. The Bertz CT molecular complexity index is 204. The first-order valence-corrected chi connectivity index (χ1v) is 7.84. The van der Waals surface area contributed by atoms with E-state index in [9.17, 15) is 0 Å². The van der Waals surface area contributed by atoms with Crippen LogP contribution in [0.5, 0.6) is 0 Å². The van der Waals surface area contributed by atoms with Crippen molar-refractivity contribution in [2.45, 2.75) is 45.3 Å². The maximum Gasteiger partial charge on any atom is 0.0612 e. The van der Waals surface area contributed by atoms with E-state index in [2.05, 4.69) is 30.9 Å². The molecule has 3 unspecified atom stereocenters. The summed E-state index contributed by atoms with van der Waals surface area (Å²) in [5, 5.41) is 3.76. The first-order chi connectivity index (χ1) is 7.75. The van der Waals surface area contributed by atoms with E-state index in [1.165, 1.54) is 37.3 Å². The summed E-state index contributed by atoms with van der Waals surface area (Å²) in [6, 6.07) is 0.701. The topological polar surface area (TPSA) is 21.3 Å². The predicted molar refractivity (Wildman–Crippen MR) is 71.0 cm³/mol. The zero-order valence-electron chi connectivity index (χ0n) is 10.6. The van der Waals surface area contributed by atoms with Crippen molar-refractivity contribution in [1.82, 2.24) is 5.32 Å². The number of ether oxygens (including phenoxy) is 1. The molecular weight excluding hydrogens is 218 g/mol. The average Bonchev–Trinajstić information content (AvgIpc) is 2.79. The van der Waals surface area contributed by atoms with E-state index in [-0.39, 0.29) is 0 Å². The van der Waals surface area contributed by atoms with Crippen molar-refractivity contribution in [1.29, 1.82) is 0 Å². The smallest absolute Gasteiger partial charge is 0.0612 e. The maximum atomic E-state index is 5.80. The normalized spacial score (nSPS) is 35.8. The van der Waals surface area contributed by atoms with Crippen molar-refractivity contribution < 1.29 is 4.74 Å². The summed E-state index contributed by atoms with van der Waals surface area (Å²) in [6.07, 6.45) is 4.29. The fourth-order valence-corrected chi connectivity index (χ4v) is 3.84. The Morgan fingerprint density at radius 3 is 2.94 bits per heavy atom. The minimum Gasteiger partial charge on any atom is -0.378 e. The first-order valence-electron chi connectivity index (χ1n) is 6.68. The van der Waals surface area contributed by atoms with Crippen LogP contribution in [0.2, 0.25) is 0 Å². The Morgan fingerprint density at radius 1 is 1.38 bits per heavy atom. The molecule has 0 aromatic heterocycles. The number of nitrogens with one attached hydrogen (secondary N) is 1. The lowest BCUT2D eigenvalue weighted by Crippen LogP contribution is -2.42. The molecule has 2 aliphatic heterocycles. The number of hydrogen-bond acceptors (Lipinski definition) is 3. The fourth-order valence-electron chi connectivity index (χ4n) is 2.56. The Labute approximate surface area is 104 Å². The molecule has 0 saturated carbocycles. The molecule has 2 saturated heterocycles. The van der Waals surface area contributed by atoms with Crippen molar-refractivity contribution in [2.24, 2.45) is 11.8 Å². The van der Waals surface area contributed by atoms with Gasteiger partial charge in [-0.05, 0) is 49.1 Å². The van der Waals surface area contributed by atoms with E-state index in [0.717, 1.165) is 12.5 Å². The van der Waals surface area contributed by atoms with Crippen LogP contribution in [-0.2, 0) is 4.74 Å². The molecule has 2 rings (SSSR count). The SMILES string of the molecule is CC(C)C1CC(NCC2CCSC2)CCO1. The van der Waals surface area contributed by atoms with Crippen LogP contribution < -0.4 is 5.32 Å². The van der Waals surface area contributed by atoms with Crippen molar-refractivity contribution >= 4 is 11.8 Å². The second-order valence-corrected chi connectivity index (χ2v) is 6.66. The van der Waals surface area contributed by atoms with Crippen LogP contribution in [0.3, 0.4) is 0 Å². The lowest BCUT2D eigenvalue weighted by atomic mass is 9.95. The molecule has 0 aromatic rings. The third kappa shape index (κ3) is 3.64. The van der Waals surface area contributed by atoms with Crippen LogP contribution >= 0.6 is 11.8 Å². The van der Waals surface area contributed by atoms with Gasteiger partial charge in [0.25, 0.3) is 0 Å². The first kappa shape index (κ1) is 12.7. The molecule has 2 nitrogen and oxygen atoms in total. The third-order valence-electron chi connectivity index (χ3n) is 3.78. The van der Waals surface area contributed by atoms with E-state index in [1.54, 1.807) is 0 Å². The summed E-state index contributed by atoms with van der Waals surface area (Å²) in [7, 11) is 0. The molecule has 0 spiro atoms. The summed E-state index contributed by atoms with van der Waals surface area (Å²) in [5.74, 6) is 4.32. The Kier molecular flexibility index (Phi) is 4.98. The quantitative estimate of drug-likeness (QED) is 0.820. The highest BCUT2D eigenvalue weighted by Gasteiger charge is 2.25. The predicted octanol–water partition coefficient (Wildman–Crippen LogP) is 2.53. The highest BCUT2D eigenvalue weighted by Crippen LogP contribution is 2.24. The lowest BCUT2D eigenvalue weighted by Gasteiger charge is -2.33. The van der Waals surface area contributed by atoms with Crippen LogP contribution in [0, 0.1) is 11.8 Å². The molecule has 2 aliphatic rings. The summed E-state index contributed by atoms with van der Waals surface area (Å²) < 4.78 is 5.80. The second-order valence-electron chi connectivity index (χ2n) is 5.51. The van der Waals surface area contributed by atoms with E-state index in [1.807, 2.05) is 0 Å². The van der Waals surface area contributed by atoms with Gasteiger partial charge in [0.05, 0.1) is 6.10 Å². The van der Waals surface area contributed by atoms with Gasteiger partial charge < -0.3 is 10.1 Å². The van der Waals surface area contributed by atoms with Gasteiger partial charge in [0.15, 0.2) is 0 Å². The zero-order chi connectivity index (χ0) is 11.4. The molecule has 2 fully saturated rings. The Hall–Kier alpha value is 0.270. The second kappa shape index (κ2) is 6.27. The van der Waals surface area contributed by atoms with Gasteiger partial charge >= 0.3 is 0 Å². The summed E-state index contributed by atoms with van der Waals surface area (Å²) >= 11 is 2.11. The standard InChI is InChI=1S/C13H25NOS/c1-10(2)13-7-12(3-5-15-13)14-8-11-4-6-16-9-11/h10-14H,3-9H2,1-2H3. The van der Waals surface area contributed by atoms with Crippen LogP contribution in [0.15, 0.2) is 0 Å². The molecule has 2 heterocycles. The van der Waals surface area contributed by atoms with Gasteiger partial charge in [-0.1, -0.05) is 13.8 Å². The van der Waals surface area contributed by atoms with E-state index < -0.39 is 0 Å². The Morgan fingerprint density at radius 2 is 2.25 bits per heavy atom. The van der Waals surface area contributed by atoms with Crippen LogP contribution in [0.1, 0.15) is 33.1 Å². The van der Waals surface area contributed by atoms with Crippen LogP contribution in [0.4, 0.5) is 0 Å². The van der Waals surface area contributed by atoms with Crippen LogP contribution in [0.25, 0.3) is 0 Å². The lowest BCUT2D eigenvalue weighted by molar-refractivity contribution is -0.0246. The maximum absolute atomic E-state index is 5.80. The average molecular weight is 243 g/mol. The van der Waals surface area contributed by atoms with Crippen molar-refractivity contribution in [3.05, 3.63) is 0 Å².